The molecule has 0 saturated carbocycles. The van der Waals surface area contributed by atoms with E-state index < -0.39 is 0 Å². The van der Waals surface area contributed by atoms with E-state index in [0.717, 1.165) is 5.02 Å². The van der Waals surface area contributed by atoms with E-state index >= 15 is 0 Å². The van der Waals surface area contributed by atoms with Crippen LogP contribution in [0.3, 0.4) is 0 Å². The van der Waals surface area contributed by atoms with Crippen LogP contribution >= 0.6 is 22.9 Å². The Kier molecular flexibility index (Phi) is 3.77. The van der Waals surface area contributed by atoms with Crippen LogP contribution in [-0.4, -0.2) is 0 Å². The largest absolute Gasteiger partial charge is 0.135 e. The highest BCUT2D eigenvalue weighted by Crippen LogP contribution is 2.44. The fourth-order valence-corrected chi connectivity index (χ4v) is 4.93. The second-order valence-electron chi connectivity index (χ2n) is 6.34. The normalized spacial score (nSPS) is 11.3. The molecule has 0 spiro atoms. The summed E-state index contributed by atoms with van der Waals surface area (Å²) in [6, 6.07) is 31.9. The Morgan fingerprint density at radius 1 is 0.577 bits per heavy atom. The molecule has 1 aromatic heterocycles. The zero-order valence-corrected chi connectivity index (χ0v) is 15.5. The van der Waals surface area contributed by atoms with Crippen LogP contribution < -0.4 is 0 Å². The molecular weight excluding hydrogens is 356 g/mol. The van der Waals surface area contributed by atoms with Crippen molar-refractivity contribution < 1.29 is 0 Å². The van der Waals surface area contributed by atoms with Crippen LogP contribution in [0.5, 0.6) is 0 Å². The molecular formula is C24H15ClS. The van der Waals surface area contributed by atoms with Gasteiger partial charge >= 0.3 is 0 Å². The van der Waals surface area contributed by atoms with Crippen molar-refractivity contribution in [3.8, 4) is 22.3 Å². The fourth-order valence-electron chi connectivity index (χ4n) is 3.54. The molecule has 0 N–H and O–H groups in total. The van der Waals surface area contributed by atoms with Crippen LogP contribution in [-0.2, 0) is 0 Å². The molecule has 2 heteroatoms. The number of hydrogen-bond acceptors (Lipinski definition) is 1. The highest BCUT2D eigenvalue weighted by atomic mass is 35.5. The van der Waals surface area contributed by atoms with Crippen molar-refractivity contribution >= 4 is 43.1 Å². The molecule has 5 rings (SSSR count). The fraction of sp³-hybridized carbons (Fsp3) is 0. The maximum Gasteiger partial charge on any atom is 0.0440 e. The Labute approximate surface area is 161 Å². The number of hydrogen-bond donors (Lipinski definition) is 0. The van der Waals surface area contributed by atoms with Crippen molar-refractivity contribution in [1.29, 1.82) is 0 Å². The Morgan fingerprint density at radius 2 is 1.23 bits per heavy atom. The smallest absolute Gasteiger partial charge is 0.0440 e. The average Bonchev–Trinajstić information content (AvgIpc) is 3.08. The molecule has 0 unspecified atom stereocenters. The first-order chi connectivity index (χ1) is 12.8. The average molecular weight is 371 g/mol. The standard InChI is InChI=1S/C24H15ClS/c25-18-12-10-17(11-13-18)20-15-14-19(16-6-2-1-3-7-16)23-21-8-4-5-9-22(21)26-24(20)23/h1-15H. The third-order valence-electron chi connectivity index (χ3n) is 4.77. The lowest BCUT2D eigenvalue weighted by Crippen LogP contribution is -1.83. The zero-order chi connectivity index (χ0) is 17.5. The van der Waals surface area contributed by atoms with Gasteiger partial charge in [0.25, 0.3) is 0 Å². The van der Waals surface area contributed by atoms with Gasteiger partial charge in [0.15, 0.2) is 0 Å². The van der Waals surface area contributed by atoms with E-state index in [-0.39, 0.29) is 0 Å². The third kappa shape index (κ3) is 2.52. The maximum absolute atomic E-state index is 6.09. The SMILES string of the molecule is Clc1ccc(-c2ccc(-c3ccccc3)c3c2sc2ccccc23)cc1. The second-order valence-corrected chi connectivity index (χ2v) is 7.82. The van der Waals surface area contributed by atoms with E-state index in [9.17, 15) is 0 Å². The van der Waals surface area contributed by atoms with Crippen LogP contribution in [0.15, 0.2) is 91.0 Å². The van der Waals surface area contributed by atoms with Crippen molar-refractivity contribution in [2.75, 3.05) is 0 Å². The quantitative estimate of drug-likeness (QED) is 0.295. The summed E-state index contributed by atoms with van der Waals surface area (Å²) in [7, 11) is 0. The van der Waals surface area contributed by atoms with E-state index in [2.05, 4.69) is 78.9 Å². The molecule has 5 aromatic rings. The third-order valence-corrected chi connectivity index (χ3v) is 6.22. The molecule has 0 aliphatic heterocycles. The number of rotatable bonds is 2. The second kappa shape index (κ2) is 6.28. The molecule has 0 saturated heterocycles. The molecule has 0 nitrogen and oxygen atoms in total. The minimum atomic E-state index is 0.766. The molecule has 0 bridgehead atoms. The molecule has 4 aromatic carbocycles. The maximum atomic E-state index is 6.09. The zero-order valence-electron chi connectivity index (χ0n) is 13.9. The summed E-state index contributed by atoms with van der Waals surface area (Å²) in [4.78, 5) is 0. The molecule has 0 aliphatic rings. The Bertz CT molecular complexity index is 1220. The van der Waals surface area contributed by atoms with Gasteiger partial charge in [-0.05, 0) is 40.5 Å². The van der Waals surface area contributed by atoms with Gasteiger partial charge in [-0.3, -0.25) is 0 Å². The van der Waals surface area contributed by atoms with E-state index in [0.29, 0.717) is 0 Å². The van der Waals surface area contributed by atoms with Crippen LogP contribution in [0, 0.1) is 0 Å². The van der Waals surface area contributed by atoms with Gasteiger partial charge in [-0.2, -0.15) is 0 Å². The van der Waals surface area contributed by atoms with Crippen molar-refractivity contribution in [2.45, 2.75) is 0 Å². The lowest BCUT2D eigenvalue weighted by atomic mass is 9.95. The number of benzene rings is 4. The molecule has 124 valence electrons. The lowest BCUT2D eigenvalue weighted by molar-refractivity contribution is 1.64. The van der Waals surface area contributed by atoms with Crippen LogP contribution in [0.2, 0.25) is 5.02 Å². The molecule has 0 atom stereocenters. The van der Waals surface area contributed by atoms with Crippen LogP contribution in [0.4, 0.5) is 0 Å². The predicted molar refractivity (Wildman–Crippen MR) is 115 cm³/mol. The monoisotopic (exact) mass is 370 g/mol. The highest BCUT2D eigenvalue weighted by molar-refractivity contribution is 7.26. The van der Waals surface area contributed by atoms with Gasteiger partial charge in [-0.1, -0.05) is 84.4 Å². The van der Waals surface area contributed by atoms with Crippen molar-refractivity contribution in [1.82, 2.24) is 0 Å². The van der Waals surface area contributed by atoms with Gasteiger partial charge in [0.2, 0.25) is 0 Å². The van der Waals surface area contributed by atoms with Gasteiger partial charge < -0.3 is 0 Å². The highest BCUT2D eigenvalue weighted by Gasteiger charge is 2.15. The first-order valence-electron chi connectivity index (χ1n) is 8.57. The van der Waals surface area contributed by atoms with E-state index in [1.165, 1.54) is 42.4 Å². The van der Waals surface area contributed by atoms with E-state index in [1.807, 2.05) is 23.5 Å². The van der Waals surface area contributed by atoms with Crippen molar-refractivity contribution in [3.63, 3.8) is 0 Å². The number of thiophene rings is 1. The summed E-state index contributed by atoms with van der Waals surface area (Å²) in [5.41, 5.74) is 5.00. The van der Waals surface area contributed by atoms with E-state index in [1.54, 1.807) is 0 Å². The summed E-state index contributed by atoms with van der Waals surface area (Å²) in [5, 5.41) is 3.42. The number of halogens is 1. The van der Waals surface area contributed by atoms with Gasteiger partial charge in [-0.15, -0.1) is 11.3 Å². The predicted octanol–water partition coefficient (Wildman–Crippen LogP) is 8.04. The minimum Gasteiger partial charge on any atom is -0.135 e. The van der Waals surface area contributed by atoms with Crippen LogP contribution in [0.25, 0.3) is 42.4 Å². The van der Waals surface area contributed by atoms with Gasteiger partial charge in [0.1, 0.15) is 0 Å². The lowest BCUT2D eigenvalue weighted by Gasteiger charge is -2.09. The Hall–Kier alpha value is -2.61. The first kappa shape index (κ1) is 15.6. The summed E-state index contributed by atoms with van der Waals surface area (Å²) in [5.74, 6) is 0. The summed E-state index contributed by atoms with van der Waals surface area (Å²) >= 11 is 7.95. The molecule has 26 heavy (non-hydrogen) atoms. The summed E-state index contributed by atoms with van der Waals surface area (Å²) < 4.78 is 2.65. The van der Waals surface area contributed by atoms with Gasteiger partial charge in [0.05, 0.1) is 0 Å². The summed E-state index contributed by atoms with van der Waals surface area (Å²) in [6.07, 6.45) is 0. The van der Waals surface area contributed by atoms with Crippen molar-refractivity contribution in [2.24, 2.45) is 0 Å². The van der Waals surface area contributed by atoms with Crippen molar-refractivity contribution in [3.05, 3.63) is 96.0 Å². The van der Waals surface area contributed by atoms with E-state index in [4.69, 9.17) is 11.6 Å². The Balaban J connectivity index is 1.89. The molecule has 0 aliphatic carbocycles. The van der Waals surface area contributed by atoms with Crippen LogP contribution in [0.1, 0.15) is 0 Å². The van der Waals surface area contributed by atoms with Gasteiger partial charge in [-0.25, -0.2) is 0 Å². The first-order valence-corrected chi connectivity index (χ1v) is 9.76. The summed E-state index contributed by atoms with van der Waals surface area (Å²) in [6.45, 7) is 0. The molecule has 0 amide bonds. The molecule has 0 fully saturated rings. The topological polar surface area (TPSA) is 0 Å². The molecule has 0 radical (unpaired) electrons. The van der Waals surface area contributed by atoms with Gasteiger partial charge in [0, 0.05) is 25.2 Å². The minimum absolute atomic E-state index is 0.766. The Morgan fingerprint density at radius 3 is 2.04 bits per heavy atom. The number of fused-ring (bicyclic) bond motifs is 3. The molecule has 1 heterocycles.